The molecule has 1 aromatic rings. The van der Waals surface area contributed by atoms with Crippen LogP contribution in [-0.4, -0.2) is 13.0 Å². The Bertz CT molecular complexity index is 511. The molecule has 1 N–H and O–H groups in total. The first kappa shape index (κ1) is 18.9. The second-order valence-electron chi connectivity index (χ2n) is 5.41. The summed E-state index contributed by atoms with van der Waals surface area (Å²) >= 11 is 0. The summed E-state index contributed by atoms with van der Waals surface area (Å²) in [7, 11) is -4.44. The van der Waals surface area contributed by atoms with E-state index in [1.54, 1.807) is 0 Å². The van der Waals surface area contributed by atoms with Crippen LogP contribution in [0.1, 0.15) is 63.0 Å². The molecular weight excluding hydrogens is 300 g/mol. The van der Waals surface area contributed by atoms with Crippen molar-refractivity contribution >= 4 is 10.4 Å². The molecule has 1 unspecified atom stereocenters. The second-order valence-corrected chi connectivity index (χ2v) is 6.46. The van der Waals surface area contributed by atoms with Crippen LogP contribution in [0.15, 0.2) is 43.0 Å². The maximum atomic E-state index is 11.0. The molecule has 1 aromatic carbocycles. The van der Waals surface area contributed by atoms with Crippen molar-refractivity contribution in [1.29, 1.82) is 0 Å². The lowest BCUT2D eigenvalue weighted by Gasteiger charge is -2.15. The van der Waals surface area contributed by atoms with E-state index in [4.69, 9.17) is 8.74 Å². The molecule has 124 valence electrons. The average molecular weight is 326 g/mol. The van der Waals surface area contributed by atoms with Crippen LogP contribution in [0.2, 0.25) is 0 Å². The lowest BCUT2D eigenvalue weighted by Crippen LogP contribution is -2.11. The molecule has 0 saturated carbocycles. The largest absolute Gasteiger partial charge is 0.397 e. The summed E-state index contributed by atoms with van der Waals surface area (Å²) < 4.78 is 35.7. The van der Waals surface area contributed by atoms with Gasteiger partial charge in [0, 0.05) is 0 Å². The predicted molar refractivity (Wildman–Crippen MR) is 88.9 cm³/mol. The fraction of sp³-hybridized carbons (Fsp3) is 0.529. The molecule has 0 heterocycles. The Morgan fingerprint density at radius 1 is 1.05 bits per heavy atom. The Labute approximate surface area is 134 Å². The third-order valence-electron chi connectivity index (χ3n) is 3.53. The molecule has 0 amide bonds. The van der Waals surface area contributed by atoms with E-state index < -0.39 is 16.5 Å². The first-order valence-corrected chi connectivity index (χ1v) is 9.21. The molecule has 0 aliphatic carbocycles. The fourth-order valence-electron chi connectivity index (χ4n) is 2.41. The highest BCUT2D eigenvalue weighted by Crippen LogP contribution is 2.25. The van der Waals surface area contributed by atoms with Gasteiger partial charge in [0.05, 0.1) is 0 Å². The lowest BCUT2D eigenvalue weighted by atomic mass is 10.0. The molecule has 0 aromatic heterocycles. The van der Waals surface area contributed by atoms with Crippen molar-refractivity contribution in [2.75, 3.05) is 0 Å². The molecule has 5 heteroatoms. The second kappa shape index (κ2) is 10.5. The molecule has 0 spiro atoms. The summed E-state index contributed by atoms with van der Waals surface area (Å²) in [6.45, 7) is 3.70. The maximum absolute atomic E-state index is 11.0. The minimum Gasteiger partial charge on any atom is -0.264 e. The maximum Gasteiger partial charge on any atom is 0.397 e. The highest BCUT2D eigenvalue weighted by Gasteiger charge is 2.18. The van der Waals surface area contributed by atoms with Gasteiger partial charge in [-0.1, -0.05) is 68.5 Å². The molecule has 4 nitrogen and oxygen atoms in total. The van der Waals surface area contributed by atoms with Gasteiger partial charge in [-0.3, -0.25) is 4.55 Å². The Kier molecular flexibility index (Phi) is 9.04. The van der Waals surface area contributed by atoms with Gasteiger partial charge in [0.15, 0.2) is 0 Å². The summed E-state index contributed by atoms with van der Waals surface area (Å²) in [5, 5.41) is 0. The molecule has 22 heavy (non-hydrogen) atoms. The van der Waals surface area contributed by atoms with Gasteiger partial charge in [-0.15, -0.1) is 6.58 Å². The zero-order chi connectivity index (χ0) is 16.3. The Morgan fingerprint density at radius 3 is 2.23 bits per heavy atom. The Hall–Kier alpha value is -1.17. The highest BCUT2D eigenvalue weighted by atomic mass is 32.3. The van der Waals surface area contributed by atoms with Gasteiger partial charge in [-0.05, 0) is 24.8 Å². The van der Waals surface area contributed by atoms with Crippen LogP contribution in [-0.2, 0) is 14.6 Å². The summed E-state index contributed by atoms with van der Waals surface area (Å²) in [4.78, 5) is 0. The molecule has 1 atom stereocenters. The van der Waals surface area contributed by atoms with E-state index in [-0.39, 0.29) is 0 Å². The number of unbranched alkanes of at least 4 members (excludes halogenated alkanes) is 6. The number of hydrogen-bond donors (Lipinski definition) is 1. The van der Waals surface area contributed by atoms with Gasteiger partial charge in [0.25, 0.3) is 0 Å². The molecule has 1 rings (SSSR count). The van der Waals surface area contributed by atoms with E-state index in [0.29, 0.717) is 6.42 Å². The van der Waals surface area contributed by atoms with Gasteiger partial charge in [-0.25, -0.2) is 4.18 Å². The van der Waals surface area contributed by atoms with E-state index in [1.165, 1.54) is 19.3 Å². The number of allylic oxidation sites excluding steroid dienone is 1. The van der Waals surface area contributed by atoms with Crippen molar-refractivity contribution < 1.29 is 17.2 Å². The van der Waals surface area contributed by atoms with E-state index in [2.05, 4.69) is 6.58 Å². The van der Waals surface area contributed by atoms with E-state index in [1.807, 2.05) is 36.4 Å². The molecule has 0 saturated heterocycles. The Balaban J connectivity index is 2.35. The highest BCUT2D eigenvalue weighted by molar-refractivity contribution is 7.80. The topological polar surface area (TPSA) is 63.6 Å². The first-order chi connectivity index (χ1) is 10.5. The number of rotatable bonds is 12. The number of hydrogen-bond acceptors (Lipinski definition) is 3. The lowest BCUT2D eigenvalue weighted by molar-refractivity contribution is 0.171. The quantitative estimate of drug-likeness (QED) is 0.339. The van der Waals surface area contributed by atoms with Crippen LogP contribution in [0, 0.1) is 0 Å². The van der Waals surface area contributed by atoms with Crippen LogP contribution in [0.4, 0.5) is 0 Å². The zero-order valence-corrected chi connectivity index (χ0v) is 13.8. The minimum atomic E-state index is -4.44. The van der Waals surface area contributed by atoms with E-state index in [9.17, 15) is 8.42 Å². The smallest absolute Gasteiger partial charge is 0.264 e. The third kappa shape index (κ3) is 8.97. The summed E-state index contributed by atoms with van der Waals surface area (Å²) in [6.07, 6.45) is 9.58. The monoisotopic (exact) mass is 326 g/mol. The van der Waals surface area contributed by atoms with Crippen molar-refractivity contribution in [3.05, 3.63) is 48.6 Å². The molecule has 0 aliphatic rings. The average Bonchev–Trinajstić information content (AvgIpc) is 2.48. The normalized spacial score (nSPS) is 13.0. The van der Waals surface area contributed by atoms with E-state index >= 15 is 0 Å². The van der Waals surface area contributed by atoms with Crippen LogP contribution < -0.4 is 0 Å². The molecule has 0 radical (unpaired) electrons. The summed E-state index contributed by atoms with van der Waals surface area (Å²) in [5.74, 6) is 0. The van der Waals surface area contributed by atoms with Gasteiger partial charge in [-0.2, -0.15) is 8.42 Å². The van der Waals surface area contributed by atoms with Crippen molar-refractivity contribution in [3.8, 4) is 0 Å². The third-order valence-corrected chi connectivity index (χ3v) is 4.01. The van der Waals surface area contributed by atoms with Crippen molar-refractivity contribution in [3.63, 3.8) is 0 Å². The summed E-state index contributed by atoms with van der Waals surface area (Å²) in [6, 6.07) is 9.14. The van der Waals surface area contributed by atoms with Crippen molar-refractivity contribution in [1.82, 2.24) is 0 Å². The standard InChI is InChI=1S/C17H26O4S/c1-2-3-4-5-6-7-8-12-15-17(21-22(18,19)20)16-13-10-9-11-14-16/h2,9-11,13-14,17H,1,3-8,12,15H2,(H,18,19,20). The molecule has 0 aliphatic heterocycles. The van der Waals surface area contributed by atoms with Crippen LogP contribution in [0.5, 0.6) is 0 Å². The van der Waals surface area contributed by atoms with Gasteiger partial charge >= 0.3 is 10.4 Å². The van der Waals surface area contributed by atoms with Crippen molar-refractivity contribution in [2.45, 2.75) is 57.5 Å². The van der Waals surface area contributed by atoms with Gasteiger partial charge in [0.1, 0.15) is 6.10 Å². The van der Waals surface area contributed by atoms with Gasteiger partial charge < -0.3 is 0 Å². The van der Waals surface area contributed by atoms with Gasteiger partial charge in [0.2, 0.25) is 0 Å². The fourth-order valence-corrected chi connectivity index (χ4v) is 2.91. The van der Waals surface area contributed by atoms with E-state index in [0.717, 1.165) is 31.2 Å². The summed E-state index contributed by atoms with van der Waals surface area (Å²) in [5.41, 5.74) is 0.770. The van der Waals surface area contributed by atoms with Crippen molar-refractivity contribution in [2.24, 2.45) is 0 Å². The SMILES string of the molecule is C=CCCCCCCCCC(OS(=O)(=O)O)c1ccccc1. The Morgan fingerprint density at radius 2 is 1.64 bits per heavy atom. The zero-order valence-electron chi connectivity index (χ0n) is 13.0. The molecular formula is C17H26O4S. The van der Waals surface area contributed by atoms with Crippen LogP contribution >= 0.6 is 0 Å². The first-order valence-electron chi connectivity index (χ1n) is 7.84. The van der Waals surface area contributed by atoms with Crippen LogP contribution in [0.3, 0.4) is 0 Å². The van der Waals surface area contributed by atoms with Crippen LogP contribution in [0.25, 0.3) is 0 Å². The molecule has 0 fully saturated rings. The predicted octanol–water partition coefficient (Wildman–Crippen LogP) is 4.85. The minimum absolute atomic E-state index is 0.580. The molecule has 0 bridgehead atoms. The number of benzene rings is 1.